The van der Waals surface area contributed by atoms with Gasteiger partial charge < -0.3 is 10.1 Å². The fourth-order valence-electron chi connectivity index (χ4n) is 2.51. The summed E-state index contributed by atoms with van der Waals surface area (Å²) in [5.41, 5.74) is 1.69. The number of ether oxygens (including phenoxy) is 1. The molecule has 1 aromatic heterocycles. The third-order valence-electron chi connectivity index (χ3n) is 3.83. The zero-order chi connectivity index (χ0) is 20.3. The maximum atomic E-state index is 13.2. The maximum Gasteiger partial charge on any atom is 0.341 e. The lowest BCUT2D eigenvalue weighted by atomic mass is 10.0. The van der Waals surface area contributed by atoms with Crippen LogP contribution in [0, 0.1) is 5.82 Å². The Morgan fingerprint density at radius 3 is 2.46 bits per heavy atom. The zero-order valence-electron chi connectivity index (χ0n) is 14.6. The molecule has 0 aliphatic carbocycles. The minimum absolute atomic E-state index is 0.178. The molecule has 3 aromatic rings. The smallest absolute Gasteiger partial charge is 0.341 e. The SMILES string of the molecule is CCOC(=O)c1c(-c2ccc(F)cc2)csc1NC(=O)c1ccc(Cl)c(Cl)c1. The second-order valence-electron chi connectivity index (χ2n) is 5.66. The summed E-state index contributed by atoms with van der Waals surface area (Å²) in [6, 6.07) is 10.2. The number of hydrogen-bond acceptors (Lipinski definition) is 4. The van der Waals surface area contributed by atoms with Crippen molar-refractivity contribution in [3.05, 3.63) is 74.8 Å². The van der Waals surface area contributed by atoms with Gasteiger partial charge in [0, 0.05) is 16.5 Å². The van der Waals surface area contributed by atoms with Crippen LogP contribution in [0.3, 0.4) is 0 Å². The van der Waals surface area contributed by atoms with Gasteiger partial charge >= 0.3 is 5.97 Å². The first-order valence-electron chi connectivity index (χ1n) is 8.21. The molecule has 0 radical (unpaired) electrons. The molecule has 0 unspecified atom stereocenters. The molecule has 4 nitrogen and oxygen atoms in total. The number of nitrogens with one attached hydrogen (secondary N) is 1. The molecule has 0 atom stereocenters. The summed E-state index contributed by atoms with van der Waals surface area (Å²) >= 11 is 13.0. The molecule has 0 fully saturated rings. The summed E-state index contributed by atoms with van der Waals surface area (Å²) in [5.74, 6) is -1.41. The van der Waals surface area contributed by atoms with Crippen LogP contribution in [-0.2, 0) is 4.74 Å². The van der Waals surface area contributed by atoms with Crippen molar-refractivity contribution in [3.63, 3.8) is 0 Å². The van der Waals surface area contributed by atoms with E-state index < -0.39 is 11.9 Å². The van der Waals surface area contributed by atoms with Crippen LogP contribution < -0.4 is 5.32 Å². The van der Waals surface area contributed by atoms with Gasteiger partial charge in [-0.25, -0.2) is 9.18 Å². The number of carbonyl (C=O) groups excluding carboxylic acids is 2. The van der Waals surface area contributed by atoms with Gasteiger partial charge in [-0.15, -0.1) is 11.3 Å². The van der Waals surface area contributed by atoms with E-state index in [1.807, 2.05) is 0 Å². The highest BCUT2D eigenvalue weighted by Gasteiger charge is 2.23. The van der Waals surface area contributed by atoms with Crippen LogP contribution in [-0.4, -0.2) is 18.5 Å². The van der Waals surface area contributed by atoms with E-state index in [1.54, 1.807) is 24.4 Å². The largest absolute Gasteiger partial charge is 0.462 e. The number of benzene rings is 2. The average molecular weight is 438 g/mol. The molecular formula is C20H14Cl2FNO3S. The van der Waals surface area contributed by atoms with Gasteiger partial charge in [0.15, 0.2) is 0 Å². The normalized spacial score (nSPS) is 10.6. The summed E-state index contributed by atoms with van der Waals surface area (Å²) in [5, 5.41) is 5.34. The standard InChI is InChI=1S/C20H14Cl2FNO3S/c1-2-27-20(26)17-14(11-3-6-13(23)7-4-11)10-28-19(17)24-18(25)12-5-8-15(21)16(22)9-12/h3-10H,2H2,1H3,(H,24,25). The molecule has 0 spiro atoms. The average Bonchev–Trinajstić information content (AvgIpc) is 3.08. The number of amides is 1. The highest BCUT2D eigenvalue weighted by Crippen LogP contribution is 2.36. The molecule has 1 N–H and O–H groups in total. The van der Waals surface area contributed by atoms with Crippen LogP contribution in [0.1, 0.15) is 27.6 Å². The van der Waals surface area contributed by atoms with Gasteiger partial charge in [-0.1, -0.05) is 35.3 Å². The number of hydrogen-bond donors (Lipinski definition) is 1. The third kappa shape index (κ3) is 4.35. The van der Waals surface area contributed by atoms with Gasteiger partial charge in [0.05, 0.1) is 16.7 Å². The molecule has 0 bridgehead atoms. The quantitative estimate of drug-likeness (QED) is 0.477. The molecule has 0 aliphatic heterocycles. The molecule has 2 aromatic carbocycles. The van der Waals surface area contributed by atoms with Crippen LogP contribution in [0.2, 0.25) is 10.0 Å². The first kappa shape index (κ1) is 20.3. The van der Waals surface area contributed by atoms with Crippen LogP contribution >= 0.6 is 34.5 Å². The summed E-state index contributed by atoms with van der Waals surface area (Å²) in [7, 11) is 0. The lowest BCUT2D eigenvalue weighted by molar-refractivity contribution is 0.0529. The van der Waals surface area contributed by atoms with E-state index in [4.69, 9.17) is 27.9 Å². The van der Waals surface area contributed by atoms with Crippen molar-refractivity contribution >= 4 is 51.4 Å². The van der Waals surface area contributed by atoms with Crippen molar-refractivity contribution < 1.29 is 18.7 Å². The molecule has 8 heteroatoms. The number of carbonyl (C=O) groups is 2. The van der Waals surface area contributed by atoms with Crippen molar-refractivity contribution in [3.8, 4) is 11.1 Å². The monoisotopic (exact) mass is 437 g/mol. The first-order chi connectivity index (χ1) is 13.4. The Morgan fingerprint density at radius 2 is 1.82 bits per heavy atom. The number of rotatable bonds is 5. The molecule has 3 rings (SSSR count). The maximum absolute atomic E-state index is 13.2. The van der Waals surface area contributed by atoms with Gasteiger partial charge in [-0.2, -0.15) is 0 Å². The lowest BCUT2D eigenvalue weighted by Crippen LogP contribution is -2.14. The Labute approximate surface area is 174 Å². The van der Waals surface area contributed by atoms with Crippen LogP contribution in [0.15, 0.2) is 47.8 Å². The van der Waals surface area contributed by atoms with Crippen molar-refractivity contribution in [2.75, 3.05) is 11.9 Å². The molecule has 1 amide bonds. The molecule has 1 heterocycles. The van der Waals surface area contributed by atoms with Gasteiger partial charge in [-0.05, 0) is 42.8 Å². The van der Waals surface area contributed by atoms with Crippen molar-refractivity contribution in [2.45, 2.75) is 6.92 Å². The fourth-order valence-corrected chi connectivity index (χ4v) is 3.76. The predicted molar refractivity (Wildman–Crippen MR) is 110 cm³/mol. The predicted octanol–water partition coefficient (Wildman–Crippen LogP) is 6.29. The van der Waals surface area contributed by atoms with E-state index >= 15 is 0 Å². The second-order valence-corrected chi connectivity index (χ2v) is 7.36. The van der Waals surface area contributed by atoms with E-state index in [-0.39, 0.29) is 23.0 Å². The molecule has 0 saturated carbocycles. The highest BCUT2D eigenvalue weighted by atomic mass is 35.5. The zero-order valence-corrected chi connectivity index (χ0v) is 16.9. The van der Waals surface area contributed by atoms with Gasteiger partial charge in [0.2, 0.25) is 0 Å². The first-order valence-corrected chi connectivity index (χ1v) is 9.85. The van der Waals surface area contributed by atoms with Crippen molar-refractivity contribution in [2.24, 2.45) is 0 Å². The van der Waals surface area contributed by atoms with Crippen molar-refractivity contribution in [1.29, 1.82) is 0 Å². The fraction of sp³-hybridized carbons (Fsp3) is 0.100. The Bertz CT molecular complexity index is 1030. The summed E-state index contributed by atoms with van der Waals surface area (Å²) in [6.07, 6.45) is 0. The highest BCUT2D eigenvalue weighted by molar-refractivity contribution is 7.15. The Kier molecular flexibility index (Phi) is 6.34. The minimum atomic E-state index is -0.576. The second kappa shape index (κ2) is 8.73. The number of esters is 1. The lowest BCUT2D eigenvalue weighted by Gasteiger charge is -2.09. The van der Waals surface area contributed by atoms with Gasteiger partial charge in [-0.3, -0.25) is 4.79 Å². The number of thiophene rings is 1. The van der Waals surface area contributed by atoms with Gasteiger partial charge in [0.25, 0.3) is 5.91 Å². The topological polar surface area (TPSA) is 55.4 Å². The third-order valence-corrected chi connectivity index (χ3v) is 5.47. The molecular weight excluding hydrogens is 424 g/mol. The van der Waals surface area contributed by atoms with Crippen LogP contribution in [0.4, 0.5) is 9.39 Å². The Balaban J connectivity index is 1.98. The van der Waals surface area contributed by atoms with E-state index in [1.165, 1.54) is 41.7 Å². The van der Waals surface area contributed by atoms with Gasteiger partial charge in [0.1, 0.15) is 16.4 Å². The Hall–Kier alpha value is -2.41. The molecule has 0 saturated heterocycles. The van der Waals surface area contributed by atoms with Crippen molar-refractivity contribution in [1.82, 2.24) is 0 Å². The van der Waals surface area contributed by atoms with E-state index in [0.717, 1.165) is 0 Å². The molecule has 144 valence electrons. The van der Waals surface area contributed by atoms with E-state index in [9.17, 15) is 14.0 Å². The molecule has 0 aliphatic rings. The summed E-state index contributed by atoms with van der Waals surface area (Å²) < 4.78 is 18.4. The van der Waals surface area contributed by atoms with Crippen LogP contribution in [0.25, 0.3) is 11.1 Å². The minimum Gasteiger partial charge on any atom is -0.462 e. The number of halogens is 3. The summed E-state index contributed by atoms with van der Waals surface area (Å²) in [4.78, 5) is 25.1. The van der Waals surface area contributed by atoms with E-state index in [2.05, 4.69) is 5.32 Å². The Morgan fingerprint density at radius 1 is 1.11 bits per heavy atom. The van der Waals surface area contributed by atoms with Crippen LogP contribution in [0.5, 0.6) is 0 Å². The summed E-state index contributed by atoms with van der Waals surface area (Å²) in [6.45, 7) is 1.87. The van der Waals surface area contributed by atoms with E-state index in [0.29, 0.717) is 26.7 Å². The number of anilines is 1. The molecule has 28 heavy (non-hydrogen) atoms.